The highest BCUT2D eigenvalue weighted by atomic mass is 35.5. The average Bonchev–Trinajstić information content (AvgIpc) is 3.13. The van der Waals surface area contributed by atoms with E-state index in [0.29, 0.717) is 20.8 Å². The number of likely N-dealkylation sites (tertiary alicyclic amines) is 1. The van der Waals surface area contributed by atoms with Gasteiger partial charge in [0.1, 0.15) is 6.04 Å². The standard InChI is InChI=1S/C16H14Cl3NO2S/c17-10-4-3-9(8-11(10)18)15(13-5-6-14(19)23-13)20-7-1-2-12(20)16(21)22/h3-6,8,12,15H,1-2,7H2,(H,21,22). The molecule has 0 amide bonds. The molecule has 1 N–H and O–H groups in total. The highest BCUT2D eigenvalue weighted by molar-refractivity contribution is 7.16. The third-order valence-electron chi connectivity index (χ3n) is 4.03. The van der Waals surface area contributed by atoms with Gasteiger partial charge in [0.05, 0.1) is 20.4 Å². The van der Waals surface area contributed by atoms with E-state index >= 15 is 0 Å². The Morgan fingerprint density at radius 2 is 2.00 bits per heavy atom. The van der Waals surface area contributed by atoms with Gasteiger partial charge in [0, 0.05) is 11.4 Å². The minimum Gasteiger partial charge on any atom is -0.480 e. The van der Waals surface area contributed by atoms with Crippen LogP contribution in [0.5, 0.6) is 0 Å². The van der Waals surface area contributed by atoms with Crippen LogP contribution < -0.4 is 0 Å². The van der Waals surface area contributed by atoms with Crippen LogP contribution in [0, 0.1) is 0 Å². The molecule has 3 rings (SSSR count). The van der Waals surface area contributed by atoms with Gasteiger partial charge in [-0.25, -0.2) is 0 Å². The molecule has 3 nitrogen and oxygen atoms in total. The van der Waals surface area contributed by atoms with Crippen LogP contribution in [-0.4, -0.2) is 28.6 Å². The number of benzene rings is 1. The van der Waals surface area contributed by atoms with Crippen LogP contribution in [0.3, 0.4) is 0 Å². The molecule has 2 aromatic rings. The second kappa shape index (κ2) is 6.99. The lowest BCUT2D eigenvalue weighted by molar-refractivity contribution is -0.142. The molecule has 0 bridgehead atoms. The molecule has 0 saturated carbocycles. The minimum absolute atomic E-state index is 0.189. The Morgan fingerprint density at radius 3 is 2.61 bits per heavy atom. The first kappa shape index (κ1) is 17.1. The van der Waals surface area contributed by atoms with Crippen molar-refractivity contribution in [3.8, 4) is 0 Å². The number of rotatable bonds is 4. The minimum atomic E-state index is -0.796. The van der Waals surface area contributed by atoms with Crippen molar-refractivity contribution >= 4 is 52.1 Å². The Hall–Kier alpha value is -0.780. The van der Waals surface area contributed by atoms with Gasteiger partial charge in [0.15, 0.2) is 0 Å². The zero-order chi connectivity index (χ0) is 16.6. The van der Waals surface area contributed by atoms with E-state index < -0.39 is 12.0 Å². The summed E-state index contributed by atoms with van der Waals surface area (Å²) in [5, 5.41) is 10.5. The molecule has 1 saturated heterocycles. The molecule has 7 heteroatoms. The third-order valence-corrected chi connectivity index (χ3v) is 6.06. The quantitative estimate of drug-likeness (QED) is 0.765. The molecule has 1 aromatic heterocycles. The number of carbonyl (C=O) groups is 1. The summed E-state index contributed by atoms with van der Waals surface area (Å²) in [5.41, 5.74) is 0.922. The maximum absolute atomic E-state index is 11.6. The molecule has 1 aliphatic heterocycles. The number of carboxylic acids is 1. The van der Waals surface area contributed by atoms with Gasteiger partial charge >= 0.3 is 5.97 Å². The monoisotopic (exact) mass is 389 g/mol. The molecular weight excluding hydrogens is 377 g/mol. The summed E-state index contributed by atoms with van der Waals surface area (Å²) in [6.07, 6.45) is 1.50. The summed E-state index contributed by atoms with van der Waals surface area (Å²) in [6, 6.07) is 8.52. The predicted octanol–water partition coefficient (Wildman–Crippen LogP) is 5.35. The van der Waals surface area contributed by atoms with Crippen molar-refractivity contribution in [2.75, 3.05) is 6.54 Å². The first-order valence-corrected chi connectivity index (χ1v) is 9.11. The summed E-state index contributed by atoms with van der Waals surface area (Å²) in [5.74, 6) is -0.796. The Bertz CT molecular complexity index is 734. The number of aliphatic carboxylic acids is 1. The zero-order valence-electron chi connectivity index (χ0n) is 12.0. The van der Waals surface area contributed by atoms with Crippen LogP contribution in [0.25, 0.3) is 0 Å². The first-order valence-electron chi connectivity index (χ1n) is 7.16. The van der Waals surface area contributed by atoms with Crippen LogP contribution in [0.1, 0.15) is 29.3 Å². The van der Waals surface area contributed by atoms with Crippen LogP contribution in [-0.2, 0) is 4.79 Å². The number of halogens is 3. The van der Waals surface area contributed by atoms with E-state index in [-0.39, 0.29) is 6.04 Å². The average molecular weight is 391 g/mol. The van der Waals surface area contributed by atoms with Gasteiger partial charge in [-0.15, -0.1) is 11.3 Å². The van der Waals surface area contributed by atoms with E-state index in [2.05, 4.69) is 0 Å². The number of hydrogen-bond donors (Lipinski definition) is 1. The molecular formula is C16H14Cl3NO2S. The van der Waals surface area contributed by atoms with E-state index in [9.17, 15) is 9.90 Å². The Labute approximate surface area is 153 Å². The van der Waals surface area contributed by atoms with E-state index in [0.717, 1.165) is 23.4 Å². The lowest BCUT2D eigenvalue weighted by Gasteiger charge is -2.31. The normalized spacial score (nSPS) is 19.9. The fraction of sp³-hybridized carbons (Fsp3) is 0.312. The predicted molar refractivity (Wildman–Crippen MR) is 95.0 cm³/mol. The van der Waals surface area contributed by atoms with Crippen molar-refractivity contribution in [2.45, 2.75) is 24.9 Å². The topological polar surface area (TPSA) is 40.5 Å². The SMILES string of the molecule is O=C(O)C1CCCN1C(c1ccc(Cl)c(Cl)c1)c1ccc(Cl)s1. The molecule has 122 valence electrons. The fourth-order valence-corrected chi connectivity index (χ4v) is 4.56. The molecule has 1 aliphatic rings. The maximum atomic E-state index is 11.6. The molecule has 1 aromatic carbocycles. The van der Waals surface area contributed by atoms with Crippen molar-refractivity contribution < 1.29 is 9.90 Å². The number of hydrogen-bond acceptors (Lipinski definition) is 3. The van der Waals surface area contributed by atoms with Gasteiger partial charge in [-0.05, 0) is 42.7 Å². The second-order valence-corrected chi connectivity index (χ2v) is 8.01. The number of nitrogens with zero attached hydrogens (tertiary/aromatic N) is 1. The first-order chi connectivity index (χ1) is 11.0. The fourth-order valence-electron chi connectivity index (χ4n) is 3.04. The molecule has 0 radical (unpaired) electrons. The Balaban J connectivity index is 2.06. The molecule has 0 spiro atoms. The molecule has 2 atom stereocenters. The number of thiophene rings is 1. The number of carboxylic acid groups (broad SMARTS) is 1. The van der Waals surface area contributed by atoms with Crippen molar-refractivity contribution in [1.29, 1.82) is 0 Å². The lowest BCUT2D eigenvalue weighted by Crippen LogP contribution is -2.39. The van der Waals surface area contributed by atoms with Crippen molar-refractivity contribution in [1.82, 2.24) is 4.90 Å². The molecule has 2 heterocycles. The van der Waals surface area contributed by atoms with Gasteiger partial charge < -0.3 is 5.11 Å². The van der Waals surface area contributed by atoms with Gasteiger partial charge in [-0.2, -0.15) is 0 Å². The van der Waals surface area contributed by atoms with Crippen LogP contribution in [0.4, 0.5) is 0 Å². The van der Waals surface area contributed by atoms with Gasteiger partial charge in [0.25, 0.3) is 0 Å². The largest absolute Gasteiger partial charge is 0.480 e. The van der Waals surface area contributed by atoms with E-state index in [1.807, 2.05) is 23.1 Å². The molecule has 0 aliphatic carbocycles. The van der Waals surface area contributed by atoms with Gasteiger partial charge in [-0.3, -0.25) is 9.69 Å². The van der Waals surface area contributed by atoms with Crippen LogP contribution in [0.15, 0.2) is 30.3 Å². The summed E-state index contributed by atoms with van der Waals surface area (Å²) < 4.78 is 0.677. The molecule has 23 heavy (non-hydrogen) atoms. The highest BCUT2D eigenvalue weighted by Gasteiger charge is 2.37. The van der Waals surface area contributed by atoms with Gasteiger partial charge in [-0.1, -0.05) is 40.9 Å². The van der Waals surface area contributed by atoms with E-state index in [4.69, 9.17) is 34.8 Å². The van der Waals surface area contributed by atoms with Crippen molar-refractivity contribution in [3.63, 3.8) is 0 Å². The van der Waals surface area contributed by atoms with Crippen LogP contribution >= 0.6 is 46.1 Å². The third kappa shape index (κ3) is 3.52. The summed E-state index contributed by atoms with van der Waals surface area (Å²) in [4.78, 5) is 14.6. The van der Waals surface area contributed by atoms with Crippen molar-refractivity contribution in [3.05, 3.63) is 55.2 Å². The second-order valence-electron chi connectivity index (χ2n) is 5.45. The Morgan fingerprint density at radius 1 is 1.22 bits per heavy atom. The zero-order valence-corrected chi connectivity index (χ0v) is 15.1. The summed E-state index contributed by atoms with van der Waals surface area (Å²) >= 11 is 19.7. The molecule has 2 unspecified atom stereocenters. The summed E-state index contributed by atoms with van der Waals surface area (Å²) in [6.45, 7) is 0.720. The smallest absolute Gasteiger partial charge is 0.320 e. The summed E-state index contributed by atoms with van der Waals surface area (Å²) in [7, 11) is 0. The molecule has 1 fully saturated rings. The van der Waals surface area contributed by atoms with Crippen molar-refractivity contribution in [2.24, 2.45) is 0 Å². The lowest BCUT2D eigenvalue weighted by atomic mass is 10.0. The van der Waals surface area contributed by atoms with Crippen LogP contribution in [0.2, 0.25) is 14.4 Å². The van der Waals surface area contributed by atoms with E-state index in [1.165, 1.54) is 11.3 Å². The van der Waals surface area contributed by atoms with Gasteiger partial charge in [0.2, 0.25) is 0 Å². The van der Waals surface area contributed by atoms with E-state index in [1.54, 1.807) is 12.1 Å². The highest BCUT2D eigenvalue weighted by Crippen LogP contribution is 2.40. The Kier molecular flexibility index (Phi) is 5.19. The maximum Gasteiger partial charge on any atom is 0.320 e.